The highest BCUT2D eigenvalue weighted by molar-refractivity contribution is 7.99. The first kappa shape index (κ1) is 20.6. The number of rotatable bonds is 10. The van der Waals surface area contributed by atoms with Crippen LogP contribution in [0.15, 0.2) is 46.3 Å². The van der Waals surface area contributed by atoms with E-state index in [1.54, 1.807) is 27.7 Å². The van der Waals surface area contributed by atoms with Crippen LogP contribution in [0.3, 0.4) is 0 Å². The summed E-state index contributed by atoms with van der Waals surface area (Å²) in [6.45, 7) is 2.69. The van der Waals surface area contributed by atoms with Gasteiger partial charge in [-0.1, -0.05) is 49.0 Å². The van der Waals surface area contributed by atoms with Gasteiger partial charge in [-0.05, 0) is 37.3 Å². The number of benzene rings is 1. The molecule has 148 valence electrons. The number of thioether (sulfide) groups is 1. The first-order valence-electron chi connectivity index (χ1n) is 9.56. The Morgan fingerprint density at radius 3 is 2.75 bits per heavy atom. The van der Waals surface area contributed by atoms with Crippen LogP contribution in [0, 0.1) is 0 Å². The normalized spacial score (nSPS) is 11.2. The molecule has 0 aliphatic carbocycles. The van der Waals surface area contributed by atoms with Crippen LogP contribution in [0.4, 0.5) is 0 Å². The second kappa shape index (κ2) is 9.89. The number of fused-ring (bicyclic) bond motifs is 1. The molecule has 0 atom stereocenters. The van der Waals surface area contributed by atoms with E-state index in [1.807, 2.05) is 24.3 Å². The molecule has 1 amide bonds. The molecule has 2 heterocycles. The Bertz CT molecular complexity index is 996. The lowest BCUT2D eigenvalue weighted by Crippen LogP contribution is -2.24. The third kappa shape index (κ3) is 5.23. The van der Waals surface area contributed by atoms with Gasteiger partial charge in [0.05, 0.1) is 5.39 Å². The van der Waals surface area contributed by atoms with Crippen molar-refractivity contribution in [2.24, 2.45) is 5.73 Å². The van der Waals surface area contributed by atoms with Crippen molar-refractivity contribution in [3.8, 4) is 0 Å². The minimum absolute atomic E-state index is 0.0384. The van der Waals surface area contributed by atoms with E-state index in [9.17, 15) is 9.59 Å². The molecule has 0 aliphatic heterocycles. The molecule has 5 nitrogen and oxygen atoms in total. The van der Waals surface area contributed by atoms with Gasteiger partial charge in [-0.2, -0.15) is 0 Å². The number of thiophene rings is 1. The highest BCUT2D eigenvalue weighted by atomic mass is 32.2. The highest BCUT2D eigenvalue weighted by Crippen LogP contribution is 2.26. The fourth-order valence-electron chi connectivity index (χ4n) is 2.98. The third-order valence-electron chi connectivity index (χ3n) is 4.53. The van der Waals surface area contributed by atoms with Gasteiger partial charge in [0.1, 0.15) is 4.83 Å². The molecule has 0 aliphatic rings. The van der Waals surface area contributed by atoms with Crippen LogP contribution in [-0.2, 0) is 24.2 Å². The topological polar surface area (TPSA) is 78.0 Å². The number of carbonyl (C=O) groups excluding carboxylic acids is 1. The first-order chi connectivity index (χ1) is 13.6. The average molecular weight is 416 g/mol. The van der Waals surface area contributed by atoms with Gasteiger partial charge >= 0.3 is 0 Å². The summed E-state index contributed by atoms with van der Waals surface area (Å²) >= 11 is 3.18. The summed E-state index contributed by atoms with van der Waals surface area (Å²) in [5.41, 5.74) is 6.44. The van der Waals surface area contributed by atoms with Gasteiger partial charge in [-0.15, -0.1) is 11.3 Å². The maximum absolute atomic E-state index is 13.1. The summed E-state index contributed by atoms with van der Waals surface area (Å²) in [4.78, 5) is 30.8. The molecular weight excluding hydrogens is 390 g/mol. The van der Waals surface area contributed by atoms with Crippen molar-refractivity contribution in [3.63, 3.8) is 0 Å². The maximum Gasteiger partial charge on any atom is 0.262 e. The number of carbonyl (C=O) groups is 1. The lowest BCUT2D eigenvalue weighted by molar-refractivity contribution is -0.118. The summed E-state index contributed by atoms with van der Waals surface area (Å²) in [5.74, 6) is 0.540. The smallest absolute Gasteiger partial charge is 0.262 e. The number of hydrogen-bond donors (Lipinski definition) is 1. The molecule has 0 saturated heterocycles. The Kier molecular flexibility index (Phi) is 7.28. The van der Waals surface area contributed by atoms with Gasteiger partial charge < -0.3 is 5.73 Å². The van der Waals surface area contributed by atoms with Crippen LogP contribution in [0.5, 0.6) is 0 Å². The first-order valence-corrected chi connectivity index (χ1v) is 11.4. The lowest BCUT2D eigenvalue weighted by Gasteiger charge is -2.12. The van der Waals surface area contributed by atoms with Crippen molar-refractivity contribution >= 4 is 39.2 Å². The fourth-order valence-corrected chi connectivity index (χ4v) is 5.01. The lowest BCUT2D eigenvalue weighted by atomic mass is 10.1. The van der Waals surface area contributed by atoms with Crippen molar-refractivity contribution < 1.29 is 4.79 Å². The van der Waals surface area contributed by atoms with Gasteiger partial charge in [0.25, 0.3) is 5.56 Å². The Hall–Kier alpha value is -2.12. The molecule has 0 spiro atoms. The summed E-state index contributed by atoms with van der Waals surface area (Å²) in [6, 6.07) is 12.2. The van der Waals surface area contributed by atoms with Gasteiger partial charge in [0.15, 0.2) is 5.16 Å². The van der Waals surface area contributed by atoms with Gasteiger partial charge in [0.2, 0.25) is 5.91 Å². The highest BCUT2D eigenvalue weighted by Gasteiger charge is 2.14. The van der Waals surface area contributed by atoms with E-state index in [-0.39, 0.29) is 11.5 Å². The molecule has 3 rings (SSSR count). The van der Waals surface area contributed by atoms with Gasteiger partial charge in [0, 0.05) is 23.6 Å². The number of unbranched alkanes of at least 4 members (excludes halogenated alkanes) is 1. The van der Waals surface area contributed by atoms with Gasteiger partial charge in [-0.25, -0.2) is 4.98 Å². The van der Waals surface area contributed by atoms with E-state index in [0.717, 1.165) is 41.4 Å². The zero-order chi connectivity index (χ0) is 19.9. The quantitative estimate of drug-likeness (QED) is 0.308. The molecule has 1 aromatic carbocycles. The second-order valence-corrected chi connectivity index (χ2v) is 8.82. The standard InChI is InChI=1S/C21H25N3O2S2/c1-2-16-14-17-19(28-16)23-21(27-13-7-6-10-18(22)25)24(20(17)26)12-11-15-8-4-3-5-9-15/h3-5,8-9,14H,2,6-7,10-13H2,1H3,(H2,22,25). The Morgan fingerprint density at radius 2 is 2.04 bits per heavy atom. The van der Waals surface area contributed by atoms with Gasteiger partial charge in [-0.3, -0.25) is 14.2 Å². The number of aryl methyl sites for hydroxylation is 2. The average Bonchev–Trinajstić information content (AvgIpc) is 3.11. The van der Waals surface area contributed by atoms with Crippen LogP contribution in [0.2, 0.25) is 0 Å². The third-order valence-corrected chi connectivity index (χ3v) is 6.77. The van der Waals surface area contributed by atoms with E-state index in [4.69, 9.17) is 10.7 Å². The van der Waals surface area contributed by atoms with E-state index in [0.29, 0.717) is 18.4 Å². The Morgan fingerprint density at radius 1 is 1.25 bits per heavy atom. The van der Waals surface area contributed by atoms with Crippen molar-refractivity contribution in [3.05, 3.63) is 57.2 Å². The number of aromatic nitrogens is 2. The predicted molar refractivity (Wildman–Crippen MR) is 117 cm³/mol. The second-order valence-electron chi connectivity index (χ2n) is 6.64. The molecule has 0 saturated carbocycles. The van der Waals surface area contributed by atoms with Crippen LogP contribution in [-0.4, -0.2) is 21.2 Å². The van der Waals surface area contributed by atoms with E-state index < -0.39 is 0 Å². The molecule has 0 radical (unpaired) electrons. The largest absolute Gasteiger partial charge is 0.370 e. The molecule has 3 aromatic rings. The van der Waals surface area contributed by atoms with E-state index in [2.05, 4.69) is 19.1 Å². The van der Waals surface area contributed by atoms with Crippen LogP contribution in [0.1, 0.15) is 36.6 Å². The van der Waals surface area contributed by atoms with Crippen LogP contribution in [0.25, 0.3) is 10.2 Å². The molecule has 2 N–H and O–H groups in total. The Balaban J connectivity index is 1.83. The number of nitrogens with zero attached hydrogens (tertiary/aromatic N) is 2. The maximum atomic E-state index is 13.1. The van der Waals surface area contributed by atoms with E-state index >= 15 is 0 Å². The SMILES string of the molecule is CCc1cc2c(=O)n(CCc3ccccc3)c(SCCCCC(N)=O)nc2s1. The summed E-state index contributed by atoms with van der Waals surface area (Å²) in [5, 5.41) is 1.48. The number of primary amides is 1. The minimum Gasteiger partial charge on any atom is -0.370 e. The molecule has 2 aromatic heterocycles. The molecular formula is C21H25N3O2S2. The van der Waals surface area contributed by atoms with E-state index in [1.165, 1.54) is 10.4 Å². The number of amides is 1. The molecule has 0 bridgehead atoms. The zero-order valence-electron chi connectivity index (χ0n) is 16.0. The molecule has 0 unspecified atom stereocenters. The van der Waals surface area contributed by atoms with Crippen molar-refractivity contribution in [2.75, 3.05) is 5.75 Å². The number of nitrogens with two attached hydrogens (primary N) is 1. The number of hydrogen-bond acceptors (Lipinski definition) is 5. The summed E-state index contributed by atoms with van der Waals surface area (Å²) < 4.78 is 1.81. The zero-order valence-corrected chi connectivity index (χ0v) is 17.7. The molecule has 7 heteroatoms. The van der Waals surface area contributed by atoms with Crippen molar-refractivity contribution in [2.45, 2.75) is 50.7 Å². The molecule has 28 heavy (non-hydrogen) atoms. The summed E-state index contributed by atoms with van der Waals surface area (Å²) in [6.07, 6.45) is 3.72. The summed E-state index contributed by atoms with van der Waals surface area (Å²) in [7, 11) is 0. The predicted octanol–water partition coefficient (Wildman–Crippen LogP) is 4.01. The van der Waals surface area contributed by atoms with Crippen LogP contribution >= 0.6 is 23.1 Å². The minimum atomic E-state index is -0.269. The Labute approximate surface area is 173 Å². The molecule has 0 fully saturated rings. The van der Waals surface area contributed by atoms with Crippen molar-refractivity contribution in [1.29, 1.82) is 0 Å². The monoisotopic (exact) mass is 415 g/mol. The van der Waals surface area contributed by atoms with Crippen molar-refractivity contribution in [1.82, 2.24) is 9.55 Å². The fraction of sp³-hybridized carbons (Fsp3) is 0.381. The van der Waals surface area contributed by atoms with Crippen LogP contribution < -0.4 is 11.3 Å².